The predicted molar refractivity (Wildman–Crippen MR) is 118 cm³/mol. The fourth-order valence-corrected chi connectivity index (χ4v) is 5.14. The number of halogens is 2. The molecule has 0 amide bonds. The van der Waals surface area contributed by atoms with Gasteiger partial charge in [0.1, 0.15) is 17.1 Å². The van der Waals surface area contributed by atoms with Gasteiger partial charge in [-0.25, -0.2) is 9.97 Å². The Morgan fingerprint density at radius 1 is 1.25 bits per heavy atom. The number of pyridine rings is 1. The van der Waals surface area contributed by atoms with Gasteiger partial charge in [-0.1, -0.05) is 30.1 Å². The number of fused-ring (bicyclic) bond motifs is 1. The van der Waals surface area contributed by atoms with Crippen molar-refractivity contribution in [2.45, 2.75) is 51.0 Å². The molecule has 3 aromatic rings. The van der Waals surface area contributed by atoms with E-state index in [2.05, 4.69) is 16.5 Å². The molecule has 0 spiro atoms. The monoisotopic (exact) mass is 438 g/mol. The molecule has 150 valence electrons. The first kappa shape index (κ1) is 21.2. The Morgan fingerprint density at radius 2 is 2.04 bits per heavy atom. The zero-order valence-corrected chi connectivity index (χ0v) is 18.4. The summed E-state index contributed by atoms with van der Waals surface area (Å²) in [6, 6.07) is 5.09. The van der Waals surface area contributed by atoms with Crippen molar-refractivity contribution >= 4 is 51.2 Å². The van der Waals surface area contributed by atoms with E-state index in [9.17, 15) is 4.55 Å². The SMILES string of the molecule is CCCc1nc2c(N)ncc(C)c2n1CCCC[S+]([O-])c1ccc(Cl)cc1Cl. The summed E-state index contributed by atoms with van der Waals surface area (Å²) in [7, 11) is 0. The third-order valence-corrected chi connectivity index (χ3v) is 6.80. The van der Waals surface area contributed by atoms with E-state index in [4.69, 9.17) is 33.9 Å². The summed E-state index contributed by atoms with van der Waals surface area (Å²) < 4.78 is 14.8. The number of aryl methyl sites for hydroxylation is 3. The van der Waals surface area contributed by atoms with Gasteiger partial charge in [0, 0.05) is 24.2 Å². The molecule has 28 heavy (non-hydrogen) atoms. The molecule has 3 rings (SSSR count). The first-order chi connectivity index (χ1) is 13.4. The molecule has 0 aliphatic rings. The van der Waals surface area contributed by atoms with Gasteiger partial charge < -0.3 is 14.9 Å². The van der Waals surface area contributed by atoms with Crippen molar-refractivity contribution in [2.75, 3.05) is 11.5 Å². The minimum absolute atomic E-state index is 0.454. The number of imidazole rings is 1. The molecule has 5 nitrogen and oxygen atoms in total. The summed E-state index contributed by atoms with van der Waals surface area (Å²) in [6.07, 6.45) is 5.40. The number of hydrogen-bond acceptors (Lipinski definition) is 4. The fourth-order valence-electron chi connectivity index (χ4n) is 3.29. The van der Waals surface area contributed by atoms with E-state index < -0.39 is 11.2 Å². The molecule has 2 N–H and O–H groups in total. The second-order valence-electron chi connectivity index (χ2n) is 6.78. The van der Waals surface area contributed by atoms with Crippen molar-refractivity contribution < 1.29 is 4.55 Å². The van der Waals surface area contributed by atoms with Crippen LogP contribution in [0.2, 0.25) is 10.0 Å². The molecule has 1 atom stereocenters. The quantitative estimate of drug-likeness (QED) is 0.388. The number of nitrogens with two attached hydrogens (primary N) is 1. The van der Waals surface area contributed by atoms with Crippen molar-refractivity contribution in [1.82, 2.24) is 14.5 Å². The Morgan fingerprint density at radius 3 is 2.75 bits per heavy atom. The van der Waals surface area contributed by atoms with E-state index >= 15 is 0 Å². The molecule has 2 aromatic heterocycles. The minimum atomic E-state index is -1.14. The average Bonchev–Trinajstić information content (AvgIpc) is 3.01. The zero-order chi connectivity index (χ0) is 20.3. The summed E-state index contributed by atoms with van der Waals surface area (Å²) in [5, 5.41) is 1.00. The third kappa shape index (κ3) is 4.57. The summed E-state index contributed by atoms with van der Waals surface area (Å²) in [5.41, 5.74) is 8.93. The molecule has 0 aliphatic carbocycles. The summed E-state index contributed by atoms with van der Waals surface area (Å²) in [6.45, 7) is 4.97. The number of aromatic nitrogens is 3. The van der Waals surface area contributed by atoms with Gasteiger partial charge in [0.15, 0.2) is 10.7 Å². The summed E-state index contributed by atoms with van der Waals surface area (Å²) in [5.74, 6) is 2.05. The smallest absolute Gasteiger partial charge is 0.171 e. The van der Waals surface area contributed by atoms with Gasteiger partial charge in [-0.15, -0.1) is 0 Å². The summed E-state index contributed by atoms with van der Waals surface area (Å²) >= 11 is 10.9. The largest absolute Gasteiger partial charge is 0.611 e. The Kier molecular flexibility index (Phi) is 7.10. The fraction of sp³-hybridized carbons (Fsp3) is 0.400. The van der Waals surface area contributed by atoms with Gasteiger partial charge in [-0.2, -0.15) is 0 Å². The number of unbranched alkanes of at least 4 members (excludes halogenated alkanes) is 1. The van der Waals surface area contributed by atoms with Crippen LogP contribution in [0.3, 0.4) is 0 Å². The van der Waals surface area contributed by atoms with Gasteiger partial charge in [0.25, 0.3) is 0 Å². The highest BCUT2D eigenvalue weighted by atomic mass is 35.5. The predicted octanol–water partition coefficient (Wildman–Crippen LogP) is 5.17. The van der Waals surface area contributed by atoms with Gasteiger partial charge in [0.05, 0.1) is 10.5 Å². The van der Waals surface area contributed by atoms with Crippen LogP contribution in [0.25, 0.3) is 11.0 Å². The lowest BCUT2D eigenvalue weighted by Gasteiger charge is -2.13. The van der Waals surface area contributed by atoms with Gasteiger partial charge in [-0.3, -0.25) is 0 Å². The van der Waals surface area contributed by atoms with Crippen LogP contribution in [-0.2, 0) is 24.1 Å². The Labute approximate surface area is 178 Å². The highest BCUT2D eigenvalue weighted by Crippen LogP contribution is 2.27. The lowest BCUT2D eigenvalue weighted by Crippen LogP contribution is -2.10. The molecule has 0 saturated carbocycles. The Bertz CT molecular complexity index is 976. The van der Waals surface area contributed by atoms with Gasteiger partial charge in [-0.05, 0) is 61.1 Å². The molecular weight excluding hydrogens is 415 g/mol. The van der Waals surface area contributed by atoms with Crippen LogP contribution in [0, 0.1) is 6.92 Å². The molecule has 8 heteroatoms. The van der Waals surface area contributed by atoms with Crippen LogP contribution in [0.1, 0.15) is 37.6 Å². The van der Waals surface area contributed by atoms with Crippen molar-refractivity contribution in [1.29, 1.82) is 0 Å². The molecule has 1 aromatic carbocycles. The lowest BCUT2D eigenvalue weighted by molar-refractivity contribution is 0.578. The molecule has 0 radical (unpaired) electrons. The maximum atomic E-state index is 12.6. The van der Waals surface area contributed by atoms with Gasteiger partial charge >= 0.3 is 0 Å². The van der Waals surface area contributed by atoms with Crippen molar-refractivity contribution in [3.8, 4) is 0 Å². The number of rotatable bonds is 8. The molecule has 0 fully saturated rings. The van der Waals surface area contributed by atoms with Crippen LogP contribution >= 0.6 is 23.2 Å². The number of benzene rings is 1. The summed E-state index contributed by atoms with van der Waals surface area (Å²) in [4.78, 5) is 9.60. The Hall–Kier alpha value is -1.47. The maximum Gasteiger partial charge on any atom is 0.171 e. The van der Waals surface area contributed by atoms with Crippen LogP contribution < -0.4 is 5.73 Å². The number of hydrogen-bond donors (Lipinski definition) is 1. The van der Waals surface area contributed by atoms with E-state index in [-0.39, 0.29) is 0 Å². The normalized spacial score (nSPS) is 12.6. The average molecular weight is 439 g/mol. The lowest BCUT2D eigenvalue weighted by atomic mass is 10.2. The molecular formula is C20H24Cl2N4OS. The number of nitrogens with zero attached hydrogens (tertiary/aromatic N) is 3. The zero-order valence-electron chi connectivity index (χ0n) is 16.0. The van der Waals surface area contributed by atoms with E-state index in [1.165, 1.54) is 0 Å². The van der Waals surface area contributed by atoms with Crippen LogP contribution in [0.4, 0.5) is 5.82 Å². The number of nitrogen functional groups attached to an aromatic ring is 1. The topological polar surface area (TPSA) is 79.8 Å². The first-order valence-corrected chi connectivity index (χ1v) is 11.4. The highest BCUT2D eigenvalue weighted by molar-refractivity contribution is 7.91. The van der Waals surface area contributed by atoms with Crippen molar-refractivity contribution in [3.05, 3.63) is 45.8 Å². The first-order valence-electron chi connectivity index (χ1n) is 9.36. The second kappa shape index (κ2) is 9.35. The molecule has 0 aliphatic heterocycles. The van der Waals surface area contributed by atoms with Crippen LogP contribution in [0.15, 0.2) is 29.3 Å². The minimum Gasteiger partial charge on any atom is -0.611 e. The Balaban J connectivity index is 1.70. The van der Waals surface area contributed by atoms with Gasteiger partial charge in [0.2, 0.25) is 0 Å². The van der Waals surface area contributed by atoms with Crippen LogP contribution in [-0.4, -0.2) is 24.8 Å². The van der Waals surface area contributed by atoms with E-state index in [1.807, 2.05) is 6.92 Å². The van der Waals surface area contributed by atoms with E-state index in [0.29, 0.717) is 26.5 Å². The maximum absolute atomic E-state index is 12.6. The number of anilines is 1. The van der Waals surface area contributed by atoms with E-state index in [0.717, 1.165) is 54.6 Å². The van der Waals surface area contributed by atoms with E-state index in [1.54, 1.807) is 24.4 Å². The standard InChI is InChI=1S/C20H24Cl2N4OS/c1-3-6-17-25-18-19(13(2)12-24-20(18)23)26(17)9-4-5-10-28(27)16-8-7-14(21)11-15(16)22/h7-8,11-12H,3-6,9-10H2,1-2H3,(H2,23,24). The second-order valence-corrected chi connectivity index (χ2v) is 9.17. The third-order valence-electron chi connectivity index (χ3n) is 4.63. The van der Waals surface area contributed by atoms with Crippen molar-refractivity contribution in [3.63, 3.8) is 0 Å². The molecule has 2 heterocycles. The highest BCUT2D eigenvalue weighted by Gasteiger charge is 2.17. The van der Waals surface area contributed by atoms with Crippen LogP contribution in [0.5, 0.6) is 0 Å². The van der Waals surface area contributed by atoms with Crippen molar-refractivity contribution in [2.24, 2.45) is 0 Å². The molecule has 1 unspecified atom stereocenters. The molecule has 0 bridgehead atoms. The molecule has 0 saturated heterocycles.